The van der Waals surface area contributed by atoms with Crippen molar-refractivity contribution < 1.29 is 14.3 Å². The molecule has 0 saturated carbocycles. The second-order valence-electron chi connectivity index (χ2n) is 3.63. The normalized spacial score (nSPS) is 11.8. The van der Waals surface area contributed by atoms with E-state index in [-0.39, 0.29) is 17.6 Å². The van der Waals surface area contributed by atoms with E-state index < -0.39 is 5.97 Å². The predicted octanol–water partition coefficient (Wildman–Crippen LogP) is 0.818. The number of aromatic nitrogens is 1. The van der Waals surface area contributed by atoms with E-state index in [1.54, 1.807) is 26.4 Å². The summed E-state index contributed by atoms with van der Waals surface area (Å²) in [5.74, 6) is -0.541. The minimum atomic E-state index is -0.485. The molecule has 0 saturated heterocycles. The molecule has 1 aromatic rings. The summed E-state index contributed by atoms with van der Waals surface area (Å²) < 4.78 is 4.54. The van der Waals surface area contributed by atoms with Gasteiger partial charge in [-0.1, -0.05) is 0 Å². The van der Waals surface area contributed by atoms with Crippen LogP contribution in [0, 0.1) is 0 Å². The quantitative estimate of drug-likeness (QED) is 0.808. The summed E-state index contributed by atoms with van der Waals surface area (Å²) >= 11 is 1.26. The van der Waals surface area contributed by atoms with Crippen molar-refractivity contribution in [2.24, 2.45) is 0 Å². The van der Waals surface area contributed by atoms with Crippen molar-refractivity contribution in [2.45, 2.75) is 13.0 Å². The summed E-state index contributed by atoms with van der Waals surface area (Å²) in [7, 11) is 4.66. The van der Waals surface area contributed by atoms with Gasteiger partial charge in [-0.2, -0.15) is 0 Å². The zero-order valence-electron chi connectivity index (χ0n) is 10.2. The fourth-order valence-electron chi connectivity index (χ4n) is 1.17. The number of hydrogen-bond donors (Lipinski definition) is 1. The molecule has 0 aliphatic heterocycles. The van der Waals surface area contributed by atoms with Crippen LogP contribution < -0.4 is 5.32 Å². The number of rotatable bonds is 4. The first-order valence-electron chi connectivity index (χ1n) is 4.97. The van der Waals surface area contributed by atoms with Gasteiger partial charge in [-0.25, -0.2) is 9.78 Å². The Balaban J connectivity index is 2.66. The van der Waals surface area contributed by atoms with Crippen LogP contribution in [0.2, 0.25) is 0 Å². The fraction of sp³-hybridized carbons (Fsp3) is 0.500. The lowest BCUT2D eigenvalue weighted by molar-refractivity contribution is -0.129. The maximum absolute atomic E-state index is 11.6. The Morgan fingerprint density at radius 3 is 2.71 bits per heavy atom. The third kappa shape index (κ3) is 3.42. The van der Waals surface area contributed by atoms with Crippen molar-refractivity contribution in [1.82, 2.24) is 9.88 Å². The molecular weight excluding hydrogens is 242 g/mol. The van der Waals surface area contributed by atoms with Gasteiger partial charge in [0.25, 0.3) is 0 Å². The molecule has 0 spiro atoms. The highest BCUT2D eigenvalue weighted by atomic mass is 32.1. The van der Waals surface area contributed by atoms with Gasteiger partial charge in [0.1, 0.15) is 6.04 Å². The van der Waals surface area contributed by atoms with Crippen LogP contribution in [-0.4, -0.2) is 49.0 Å². The lowest BCUT2D eigenvalue weighted by atomic mass is 10.3. The van der Waals surface area contributed by atoms with E-state index in [4.69, 9.17) is 0 Å². The second kappa shape index (κ2) is 5.62. The summed E-state index contributed by atoms with van der Waals surface area (Å²) in [5.41, 5.74) is 0.240. The van der Waals surface area contributed by atoms with Crippen molar-refractivity contribution in [3.63, 3.8) is 0 Å². The van der Waals surface area contributed by atoms with Crippen LogP contribution in [0.1, 0.15) is 17.4 Å². The first kappa shape index (κ1) is 13.4. The monoisotopic (exact) mass is 257 g/mol. The van der Waals surface area contributed by atoms with Gasteiger partial charge in [-0.15, -0.1) is 11.3 Å². The number of carbonyl (C=O) groups excluding carboxylic acids is 2. The van der Waals surface area contributed by atoms with Gasteiger partial charge < -0.3 is 15.0 Å². The maximum Gasteiger partial charge on any atom is 0.357 e. The van der Waals surface area contributed by atoms with Crippen molar-refractivity contribution in [3.8, 4) is 0 Å². The summed E-state index contributed by atoms with van der Waals surface area (Å²) in [5, 5.41) is 5.04. The molecule has 1 atom stereocenters. The number of hydrogen-bond acceptors (Lipinski definition) is 6. The van der Waals surface area contributed by atoms with Crippen LogP contribution in [0.15, 0.2) is 5.38 Å². The zero-order chi connectivity index (χ0) is 13.0. The molecule has 1 N–H and O–H groups in total. The van der Waals surface area contributed by atoms with Crippen LogP contribution in [0.5, 0.6) is 0 Å². The number of nitrogens with one attached hydrogen (secondary N) is 1. The van der Waals surface area contributed by atoms with Gasteiger partial charge in [0.2, 0.25) is 5.91 Å². The molecule has 0 aromatic carbocycles. The van der Waals surface area contributed by atoms with E-state index in [0.717, 1.165) is 0 Å². The minimum Gasteiger partial charge on any atom is -0.464 e. The number of esters is 1. The molecule has 0 aliphatic rings. The van der Waals surface area contributed by atoms with Crippen LogP contribution >= 0.6 is 11.3 Å². The van der Waals surface area contributed by atoms with Crippen LogP contribution in [-0.2, 0) is 9.53 Å². The summed E-state index contributed by atoms with van der Waals surface area (Å²) in [4.78, 5) is 28.3. The van der Waals surface area contributed by atoms with E-state index in [0.29, 0.717) is 5.13 Å². The van der Waals surface area contributed by atoms with Gasteiger partial charge >= 0.3 is 5.97 Å². The average Bonchev–Trinajstić information content (AvgIpc) is 2.75. The molecule has 7 heteroatoms. The highest BCUT2D eigenvalue weighted by Crippen LogP contribution is 2.17. The van der Waals surface area contributed by atoms with E-state index in [2.05, 4.69) is 15.0 Å². The molecule has 17 heavy (non-hydrogen) atoms. The average molecular weight is 257 g/mol. The van der Waals surface area contributed by atoms with Crippen molar-refractivity contribution in [1.29, 1.82) is 0 Å². The number of methoxy groups -OCH3 is 1. The van der Waals surface area contributed by atoms with Crippen molar-refractivity contribution in [2.75, 3.05) is 26.5 Å². The Morgan fingerprint density at radius 2 is 2.18 bits per heavy atom. The SMILES string of the molecule is COC(=O)c1csc(NC(C)C(=O)N(C)C)n1. The lowest BCUT2D eigenvalue weighted by Gasteiger charge is -2.17. The third-order valence-electron chi connectivity index (χ3n) is 2.05. The molecule has 1 rings (SSSR count). The van der Waals surface area contributed by atoms with E-state index >= 15 is 0 Å². The van der Waals surface area contributed by atoms with Crippen LogP contribution in [0.4, 0.5) is 5.13 Å². The summed E-state index contributed by atoms with van der Waals surface area (Å²) in [6.07, 6.45) is 0. The lowest BCUT2D eigenvalue weighted by Crippen LogP contribution is -2.36. The zero-order valence-corrected chi connectivity index (χ0v) is 11.0. The van der Waals surface area contributed by atoms with E-state index in [1.807, 2.05) is 0 Å². The van der Waals surface area contributed by atoms with Crippen molar-refractivity contribution in [3.05, 3.63) is 11.1 Å². The number of likely N-dealkylation sites (N-methyl/N-ethyl adjacent to an activating group) is 1. The third-order valence-corrected chi connectivity index (χ3v) is 2.82. The Labute approximate surface area is 104 Å². The largest absolute Gasteiger partial charge is 0.464 e. The molecule has 1 unspecified atom stereocenters. The van der Waals surface area contributed by atoms with Crippen LogP contribution in [0.25, 0.3) is 0 Å². The molecule has 0 aliphatic carbocycles. The molecule has 0 fully saturated rings. The number of ether oxygens (including phenoxy) is 1. The van der Waals surface area contributed by atoms with Crippen LogP contribution in [0.3, 0.4) is 0 Å². The highest BCUT2D eigenvalue weighted by molar-refractivity contribution is 7.13. The van der Waals surface area contributed by atoms with Gasteiger partial charge in [0.15, 0.2) is 10.8 Å². The Hall–Kier alpha value is -1.63. The predicted molar refractivity (Wildman–Crippen MR) is 65.2 cm³/mol. The molecule has 1 amide bonds. The minimum absolute atomic E-state index is 0.0557. The number of carbonyl (C=O) groups is 2. The topological polar surface area (TPSA) is 71.5 Å². The molecule has 1 heterocycles. The maximum atomic E-state index is 11.6. The standard InChI is InChI=1S/C10H15N3O3S/c1-6(8(14)13(2)3)11-10-12-7(5-17-10)9(15)16-4/h5-6H,1-4H3,(H,11,12). The molecule has 0 bridgehead atoms. The number of amides is 1. The Kier molecular flexibility index (Phi) is 4.45. The van der Waals surface area contributed by atoms with E-state index in [9.17, 15) is 9.59 Å². The van der Waals surface area contributed by atoms with Gasteiger partial charge in [0.05, 0.1) is 7.11 Å². The first-order valence-corrected chi connectivity index (χ1v) is 5.85. The highest BCUT2D eigenvalue weighted by Gasteiger charge is 2.17. The Bertz CT molecular complexity index is 417. The second-order valence-corrected chi connectivity index (χ2v) is 4.49. The molecular formula is C10H15N3O3S. The number of anilines is 1. The van der Waals surface area contributed by atoms with Gasteiger partial charge in [0, 0.05) is 19.5 Å². The summed E-state index contributed by atoms with van der Waals surface area (Å²) in [6.45, 7) is 1.74. The van der Waals surface area contributed by atoms with Gasteiger partial charge in [-0.05, 0) is 6.92 Å². The number of nitrogens with zero attached hydrogens (tertiary/aromatic N) is 2. The molecule has 0 radical (unpaired) electrons. The van der Waals surface area contributed by atoms with Gasteiger partial charge in [-0.3, -0.25) is 4.79 Å². The smallest absolute Gasteiger partial charge is 0.357 e. The molecule has 94 valence electrons. The fourth-order valence-corrected chi connectivity index (χ4v) is 1.94. The van der Waals surface area contributed by atoms with Crippen molar-refractivity contribution >= 4 is 28.3 Å². The summed E-state index contributed by atoms with van der Waals surface area (Å²) in [6, 6.07) is -0.387. The molecule has 1 aromatic heterocycles. The van der Waals surface area contributed by atoms with E-state index in [1.165, 1.54) is 23.3 Å². The number of thiazole rings is 1. The Morgan fingerprint density at radius 1 is 1.53 bits per heavy atom. The first-order chi connectivity index (χ1) is 7.95. The molecule has 6 nitrogen and oxygen atoms in total.